The summed E-state index contributed by atoms with van der Waals surface area (Å²) in [6, 6.07) is 7.76. The van der Waals surface area contributed by atoms with Gasteiger partial charge in [0.1, 0.15) is 10.4 Å². The number of hydrogen-bond acceptors (Lipinski definition) is 6. The molecular weight excluding hydrogens is 412 g/mol. The Labute approximate surface area is 185 Å². The summed E-state index contributed by atoms with van der Waals surface area (Å²) in [6.45, 7) is 4.15. The van der Waals surface area contributed by atoms with Crippen molar-refractivity contribution < 1.29 is 9.53 Å². The number of rotatable bonds is 7. The molecule has 1 saturated heterocycles. The first-order valence-electron chi connectivity index (χ1n) is 10.8. The topological polar surface area (TPSA) is 87.3 Å². The molecule has 1 unspecified atom stereocenters. The molecule has 3 aromatic rings. The summed E-state index contributed by atoms with van der Waals surface area (Å²) in [5.41, 5.74) is 2.42. The van der Waals surface area contributed by atoms with Crippen molar-refractivity contribution in [2.75, 3.05) is 31.6 Å². The van der Waals surface area contributed by atoms with E-state index in [1.807, 2.05) is 34.5 Å². The van der Waals surface area contributed by atoms with Crippen LogP contribution in [0.1, 0.15) is 32.6 Å². The molecule has 1 aliphatic heterocycles. The highest BCUT2D eigenvalue weighted by atomic mass is 32.1. The molecule has 1 atom stereocenters. The second-order valence-electron chi connectivity index (χ2n) is 7.88. The Bertz CT molecular complexity index is 1120. The summed E-state index contributed by atoms with van der Waals surface area (Å²) in [5, 5.41) is 5.00. The van der Waals surface area contributed by atoms with Crippen LogP contribution in [0.5, 0.6) is 5.75 Å². The van der Waals surface area contributed by atoms with E-state index < -0.39 is 0 Å². The minimum absolute atomic E-state index is 0.0908. The Morgan fingerprint density at radius 2 is 2.29 bits per heavy atom. The van der Waals surface area contributed by atoms with Crippen LogP contribution >= 0.6 is 11.3 Å². The molecule has 3 heterocycles. The Balaban J connectivity index is 1.62. The standard InChI is InChI=1S/C23H28N4O3S/c1-3-4-10-24-21(28)16-8-6-11-27(13-16)23-25-19-18(14-31-20(19)22(29)26-23)15-7-5-9-17(12-15)30-2/h5,7,9,12,14,16H,3-4,6,8,10-11,13H2,1-2H3,(H,24,28)(H,25,26,29). The largest absolute Gasteiger partial charge is 0.497 e. The lowest BCUT2D eigenvalue weighted by molar-refractivity contribution is -0.125. The molecule has 0 saturated carbocycles. The first-order valence-corrected chi connectivity index (χ1v) is 11.7. The number of H-pyrrole nitrogens is 1. The number of amides is 1. The van der Waals surface area contributed by atoms with Crippen LogP contribution in [0.4, 0.5) is 5.95 Å². The molecule has 0 bridgehead atoms. The molecule has 7 nitrogen and oxygen atoms in total. The van der Waals surface area contributed by atoms with E-state index in [0.29, 0.717) is 29.3 Å². The van der Waals surface area contributed by atoms with E-state index in [0.717, 1.165) is 49.1 Å². The molecule has 2 aromatic heterocycles. The van der Waals surface area contributed by atoms with Crippen LogP contribution < -0.4 is 20.5 Å². The number of piperidine rings is 1. The average Bonchev–Trinajstić information content (AvgIpc) is 3.24. The summed E-state index contributed by atoms with van der Waals surface area (Å²) in [6.07, 6.45) is 3.78. The Morgan fingerprint density at radius 3 is 3.10 bits per heavy atom. The lowest BCUT2D eigenvalue weighted by Crippen LogP contribution is -2.44. The lowest BCUT2D eigenvalue weighted by Gasteiger charge is -2.32. The van der Waals surface area contributed by atoms with E-state index >= 15 is 0 Å². The monoisotopic (exact) mass is 440 g/mol. The Hall–Kier alpha value is -2.87. The zero-order chi connectivity index (χ0) is 21.8. The first kappa shape index (κ1) is 21.4. The number of aromatic nitrogens is 2. The van der Waals surface area contributed by atoms with Crippen molar-refractivity contribution in [3.63, 3.8) is 0 Å². The summed E-state index contributed by atoms with van der Waals surface area (Å²) < 4.78 is 5.95. The third-order valence-electron chi connectivity index (χ3n) is 5.72. The smallest absolute Gasteiger partial charge is 0.270 e. The minimum atomic E-state index is -0.145. The molecule has 0 radical (unpaired) electrons. The summed E-state index contributed by atoms with van der Waals surface area (Å²) in [5.74, 6) is 1.29. The maximum atomic E-state index is 12.8. The second kappa shape index (κ2) is 9.51. The number of fused-ring (bicyclic) bond motifs is 1. The third kappa shape index (κ3) is 4.58. The van der Waals surface area contributed by atoms with Crippen LogP contribution in [0.3, 0.4) is 0 Å². The summed E-state index contributed by atoms with van der Waals surface area (Å²) in [7, 11) is 1.64. The van der Waals surface area contributed by atoms with E-state index in [1.54, 1.807) is 7.11 Å². The predicted molar refractivity (Wildman–Crippen MR) is 125 cm³/mol. The predicted octanol–water partition coefficient (Wildman–Crippen LogP) is 3.79. The maximum Gasteiger partial charge on any atom is 0.270 e. The van der Waals surface area contributed by atoms with Crippen molar-refractivity contribution in [3.8, 4) is 16.9 Å². The van der Waals surface area contributed by atoms with Gasteiger partial charge in [-0.05, 0) is 37.0 Å². The zero-order valence-electron chi connectivity index (χ0n) is 17.9. The van der Waals surface area contributed by atoms with Gasteiger partial charge in [-0.15, -0.1) is 11.3 Å². The van der Waals surface area contributed by atoms with Gasteiger partial charge in [-0.25, -0.2) is 4.98 Å². The number of benzene rings is 1. The number of thiophene rings is 1. The van der Waals surface area contributed by atoms with Gasteiger partial charge in [-0.3, -0.25) is 14.6 Å². The molecule has 4 rings (SSSR count). The van der Waals surface area contributed by atoms with Crippen molar-refractivity contribution in [2.45, 2.75) is 32.6 Å². The van der Waals surface area contributed by atoms with Crippen LogP contribution in [0.2, 0.25) is 0 Å². The highest BCUT2D eigenvalue weighted by Gasteiger charge is 2.27. The Morgan fingerprint density at radius 1 is 1.42 bits per heavy atom. The van der Waals surface area contributed by atoms with Gasteiger partial charge in [0, 0.05) is 30.6 Å². The molecule has 8 heteroatoms. The van der Waals surface area contributed by atoms with Crippen LogP contribution in [0, 0.1) is 5.92 Å². The van der Waals surface area contributed by atoms with Gasteiger partial charge >= 0.3 is 0 Å². The van der Waals surface area contributed by atoms with Gasteiger partial charge in [0.2, 0.25) is 11.9 Å². The van der Waals surface area contributed by atoms with E-state index in [-0.39, 0.29) is 17.4 Å². The van der Waals surface area contributed by atoms with Gasteiger partial charge in [-0.1, -0.05) is 25.5 Å². The summed E-state index contributed by atoms with van der Waals surface area (Å²) in [4.78, 5) is 35.1. The normalized spacial score (nSPS) is 16.5. The highest BCUT2D eigenvalue weighted by Crippen LogP contribution is 2.33. The number of carbonyl (C=O) groups is 1. The lowest BCUT2D eigenvalue weighted by atomic mass is 9.97. The number of nitrogens with one attached hydrogen (secondary N) is 2. The van der Waals surface area contributed by atoms with Crippen molar-refractivity contribution in [3.05, 3.63) is 40.0 Å². The SMILES string of the molecule is CCCCNC(=O)C1CCCN(c2nc3c(-c4cccc(OC)c4)csc3c(=O)[nH]2)C1. The number of nitrogens with zero attached hydrogens (tertiary/aromatic N) is 2. The van der Waals surface area contributed by atoms with E-state index in [1.165, 1.54) is 11.3 Å². The number of aromatic amines is 1. The number of methoxy groups -OCH3 is 1. The van der Waals surface area contributed by atoms with Crippen LogP contribution in [-0.4, -0.2) is 42.6 Å². The van der Waals surface area contributed by atoms with E-state index in [2.05, 4.69) is 17.2 Å². The number of hydrogen-bond donors (Lipinski definition) is 2. The first-order chi connectivity index (χ1) is 15.1. The fourth-order valence-corrected chi connectivity index (χ4v) is 4.89. The van der Waals surface area contributed by atoms with Crippen molar-refractivity contribution >= 4 is 33.4 Å². The maximum absolute atomic E-state index is 12.8. The molecule has 1 fully saturated rings. The van der Waals surface area contributed by atoms with Gasteiger partial charge in [-0.2, -0.15) is 0 Å². The van der Waals surface area contributed by atoms with Crippen molar-refractivity contribution in [1.82, 2.24) is 15.3 Å². The average molecular weight is 441 g/mol. The minimum Gasteiger partial charge on any atom is -0.497 e. The number of unbranched alkanes of at least 4 members (excludes halogenated alkanes) is 1. The second-order valence-corrected chi connectivity index (χ2v) is 8.76. The van der Waals surface area contributed by atoms with Gasteiger partial charge in [0.05, 0.1) is 18.5 Å². The molecular formula is C23H28N4O3S. The fourth-order valence-electron chi connectivity index (χ4n) is 3.98. The molecule has 1 aromatic carbocycles. The van der Waals surface area contributed by atoms with Crippen LogP contribution in [0.15, 0.2) is 34.4 Å². The van der Waals surface area contributed by atoms with Gasteiger partial charge < -0.3 is 15.0 Å². The van der Waals surface area contributed by atoms with E-state index in [4.69, 9.17) is 9.72 Å². The van der Waals surface area contributed by atoms with E-state index in [9.17, 15) is 9.59 Å². The number of anilines is 1. The molecule has 2 N–H and O–H groups in total. The van der Waals surface area contributed by atoms with Crippen LogP contribution in [-0.2, 0) is 4.79 Å². The molecule has 1 aliphatic rings. The number of carbonyl (C=O) groups excluding carboxylic acids is 1. The molecule has 1 amide bonds. The number of ether oxygens (including phenoxy) is 1. The van der Waals surface area contributed by atoms with Crippen LogP contribution in [0.25, 0.3) is 21.3 Å². The molecule has 0 aliphatic carbocycles. The molecule has 164 valence electrons. The van der Waals surface area contributed by atoms with Gasteiger partial charge in [0.15, 0.2) is 0 Å². The van der Waals surface area contributed by atoms with Gasteiger partial charge in [0.25, 0.3) is 5.56 Å². The van der Waals surface area contributed by atoms with Crippen molar-refractivity contribution in [1.29, 1.82) is 0 Å². The molecule has 31 heavy (non-hydrogen) atoms. The highest BCUT2D eigenvalue weighted by molar-refractivity contribution is 7.17. The Kier molecular flexibility index (Phi) is 6.56. The fraction of sp³-hybridized carbons (Fsp3) is 0.435. The third-order valence-corrected chi connectivity index (χ3v) is 6.68. The summed E-state index contributed by atoms with van der Waals surface area (Å²) >= 11 is 1.39. The molecule has 0 spiro atoms. The van der Waals surface area contributed by atoms with Crippen molar-refractivity contribution in [2.24, 2.45) is 5.92 Å². The quantitative estimate of drug-likeness (QED) is 0.546. The zero-order valence-corrected chi connectivity index (χ0v) is 18.8.